The van der Waals surface area contributed by atoms with E-state index in [0.29, 0.717) is 43.1 Å². The summed E-state index contributed by atoms with van der Waals surface area (Å²) in [5.74, 6) is -0.0581. The number of benzene rings is 2. The summed E-state index contributed by atoms with van der Waals surface area (Å²) in [6, 6.07) is 12.0. The van der Waals surface area contributed by atoms with E-state index in [-0.39, 0.29) is 17.4 Å². The van der Waals surface area contributed by atoms with E-state index in [1.165, 1.54) is 4.90 Å². The number of fused-ring (bicyclic) bond motifs is 1. The molecule has 2 unspecified atom stereocenters. The first-order valence-corrected chi connectivity index (χ1v) is 11.7. The molecule has 0 aliphatic carbocycles. The van der Waals surface area contributed by atoms with E-state index < -0.39 is 17.7 Å². The smallest absolute Gasteiger partial charge is 0.295 e. The van der Waals surface area contributed by atoms with E-state index in [4.69, 9.17) is 14.2 Å². The number of rotatable bonds is 9. The second kappa shape index (κ2) is 10.3. The molecule has 2 aromatic carbocycles. The number of ketones is 1. The van der Waals surface area contributed by atoms with E-state index in [1.807, 2.05) is 44.2 Å². The number of methoxy groups -OCH3 is 1. The second-order valence-corrected chi connectivity index (χ2v) is 8.71. The fraction of sp³-hybridized carbons (Fsp3) is 0.407. The molecule has 1 fully saturated rings. The summed E-state index contributed by atoms with van der Waals surface area (Å²) in [4.78, 5) is 27.8. The van der Waals surface area contributed by atoms with Gasteiger partial charge >= 0.3 is 0 Å². The summed E-state index contributed by atoms with van der Waals surface area (Å²) in [5, 5.41) is 11.3. The first-order valence-electron chi connectivity index (χ1n) is 11.7. The van der Waals surface area contributed by atoms with Crippen molar-refractivity contribution in [1.82, 2.24) is 4.90 Å². The predicted molar refractivity (Wildman–Crippen MR) is 128 cm³/mol. The lowest BCUT2D eigenvalue weighted by atomic mass is 9.94. The standard InChI is InChI=1S/C27H31NO6/c1-4-12-33-21-8-5-7-18(16-21)24-23(26(30)27(31)28(24)11-6-13-32-3)25(29)19-9-10-22-20(15-19)14-17(2)34-22/h5,7-10,15-17,24,29H,4,6,11-14H2,1-3H3/b25-23+. The van der Waals surface area contributed by atoms with Gasteiger partial charge in [0.25, 0.3) is 11.7 Å². The van der Waals surface area contributed by atoms with Crippen molar-refractivity contribution in [3.8, 4) is 11.5 Å². The number of aliphatic hydroxyl groups is 1. The zero-order chi connectivity index (χ0) is 24.2. The van der Waals surface area contributed by atoms with Gasteiger partial charge in [-0.25, -0.2) is 0 Å². The zero-order valence-electron chi connectivity index (χ0n) is 19.9. The zero-order valence-corrected chi connectivity index (χ0v) is 19.9. The molecule has 2 atom stereocenters. The molecule has 0 spiro atoms. The molecule has 0 saturated carbocycles. The Bertz CT molecular complexity index is 1110. The maximum absolute atomic E-state index is 13.2. The van der Waals surface area contributed by atoms with Crippen molar-refractivity contribution in [2.24, 2.45) is 0 Å². The van der Waals surface area contributed by atoms with Crippen LogP contribution in [0.4, 0.5) is 0 Å². The Morgan fingerprint density at radius 2 is 2.00 bits per heavy atom. The molecule has 180 valence electrons. The Hall–Kier alpha value is -3.32. The Labute approximate surface area is 199 Å². The average Bonchev–Trinajstić information content (AvgIpc) is 3.33. The summed E-state index contributed by atoms with van der Waals surface area (Å²) in [6.45, 7) is 5.36. The van der Waals surface area contributed by atoms with E-state index >= 15 is 0 Å². The van der Waals surface area contributed by atoms with Crippen molar-refractivity contribution < 1.29 is 28.9 Å². The Kier molecular flexibility index (Phi) is 7.22. The van der Waals surface area contributed by atoms with Crippen LogP contribution in [0.15, 0.2) is 48.0 Å². The molecular weight excluding hydrogens is 434 g/mol. The van der Waals surface area contributed by atoms with Gasteiger partial charge in [0.05, 0.1) is 18.2 Å². The molecule has 7 heteroatoms. The maximum Gasteiger partial charge on any atom is 0.295 e. The van der Waals surface area contributed by atoms with Crippen LogP contribution in [0, 0.1) is 0 Å². The number of hydrogen-bond donors (Lipinski definition) is 1. The molecule has 0 aromatic heterocycles. The minimum atomic E-state index is -0.717. The first kappa shape index (κ1) is 23.8. The van der Waals surface area contributed by atoms with Crippen LogP contribution in [0.3, 0.4) is 0 Å². The number of ether oxygens (including phenoxy) is 3. The average molecular weight is 466 g/mol. The number of carbonyl (C=O) groups is 2. The van der Waals surface area contributed by atoms with E-state index in [1.54, 1.807) is 19.2 Å². The number of carbonyl (C=O) groups excluding carboxylic acids is 2. The topological polar surface area (TPSA) is 85.3 Å². The molecular formula is C27H31NO6. The van der Waals surface area contributed by atoms with Crippen LogP contribution in [0.2, 0.25) is 0 Å². The number of hydrogen-bond acceptors (Lipinski definition) is 6. The van der Waals surface area contributed by atoms with Gasteiger partial charge in [0.15, 0.2) is 0 Å². The summed E-state index contributed by atoms with van der Waals surface area (Å²) >= 11 is 0. The van der Waals surface area contributed by atoms with Crippen molar-refractivity contribution in [2.75, 3.05) is 26.9 Å². The van der Waals surface area contributed by atoms with Crippen LogP contribution in [0.1, 0.15) is 49.4 Å². The minimum Gasteiger partial charge on any atom is -0.507 e. The molecule has 2 heterocycles. The lowest BCUT2D eigenvalue weighted by Gasteiger charge is -2.25. The van der Waals surface area contributed by atoms with Gasteiger partial charge in [0.2, 0.25) is 0 Å². The summed E-state index contributed by atoms with van der Waals surface area (Å²) < 4.78 is 16.7. The van der Waals surface area contributed by atoms with Gasteiger partial charge in [0.1, 0.15) is 23.4 Å². The van der Waals surface area contributed by atoms with Gasteiger partial charge in [-0.2, -0.15) is 0 Å². The van der Waals surface area contributed by atoms with Gasteiger partial charge in [-0.1, -0.05) is 19.1 Å². The number of Topliss-reactive ketones (excluding diaryl/α,β-unsaturated/α-hetero) is 1. The van der Waals surface area contributed by atoms with Gasteiger partial charge in [-0.3, -0.25) is 9.59 Å². The molecule has 1 N–H and O–H groups in total. The van der Waals surface area contributed by atoms with Crippen LogP contribution >= 0.6 is 0 Å². The summed E-state index contributed by atoms with van der Waals surface area (Å²) in [6.07, 6.45) is 2.22. The van der Waals surface area contributed by atoms with Crippen LogP contribution < -0.4 is 9.47 Å². The number of likely N-dealkylation sites (tertiary alicyclic amines) is 1. The number of nitrogens with zero attached hydrogens (tertiary/aromatic N) is 1. The maximum atomic E-state index is 13.2. The van der Waals surface area contributed by atoms with Gasteiger partial charge in [-0.15, -0.1) is 0 Å². The molecule has 0 bridgehead atoms. The highest BCUT2D eigenvalue weighted by atomic mass is 16.5. The summed E-state index contributed by atoms with van der Waals surface area (Å²) in [5.41, 5.74) is 2.26. The first-order chi connectivity index (χ1) is 16.4. The van der Waals surface area contributed by atoms with Crippen molar-refractivity contribution in [3.05, 3.63) is 64.7 Å². The third kappa shape index (κ3) is 4.66. The third-order valence-corrected chi connectivity index (χ3v) is 6.10. The highest BCUT2D eigenvalue weighted by Gasteiger charge is 2.46. The Morgan fingerprint density at radius 3 is 2.76 bits per heavy atom. The highest BCUT2D eigenvalue weighted by molar-refractivity contribution is 6.46. The molecule has 4 rings (SSSR count). The molecule has 1 saturated heterocycles. The third-order valence-electron chi connectivity index (χ3n) is 6.10. The molecule has 2 aromatic rings. The van der Waals surface area contributed by atoms with Crippen molar-refractivity contribution in [1.29, 1.82) is 0 Å². The van der Waals surface area contributed by atoms with E-state index in [9.17, 15) is 14.7 Å². The van der Waals surface area contributed by atoms with Crippen molar-refractivity contribution in [3.63, 3.8) is 0 Å². The Balaban J connectivity index is 1.78. The summed E-state index contributed by atoms with van der Waals surface area (Å²) in [7, 11) is 1.60. The van der Waals surface area contributed by atoms with Crippen LogP contribution in [0.25, 0.3) is 5.76 Å². The second-order valence-electron chi connectivity index (χ2n) is 8.71. The largest absolute Gasteiger partial charge is 0.507 e. The van der Waals surface area contributed by atoms with Gasteiger partial charge in [-0.05, 0) is 61.2 Å². The molecule has 34 heavy (non-hydrogen) atoms. The fourth-order valence-corrected chi connectivity index (χ4v) is 4.56. The number of amides is 1. The normalized spacial score (nSPS) is 21.0. The fourth-order valence-electron chi connectivity index (χ4n) is 4.56. The lowest BCUT2D eigenvalue weighted by molar-refractivity contribution is -0.140. The van der Waals surface area contributed by atoms with Gasteiger partial charge < -0.3 is 24.2 Å². The predicted octanol–water partition coefficient (Wildman–Crippen LogP) is 4.26. The minimum absolute atomic E-state index is 0.0598. The highest BCUT2D eigenvalue weighted by Crippen LogP contribution is 2.41. The van der Waals surface area contributed by atoms with E-state index in [0.717, 1.165) is 24.2 Å². The molecule has 7 nitrogen and oxygen atoms in total. The van der Waals surface area contributed by atoms with Crippen molar-refractivity contribution in [2.45, 2.75) is 45.3 Å². The van der Waals surface area contributed by atoms with Crippen LogP contribution in [0.5, 0.6) is 11.5 Å². The SMILES string of the molecule is CCCOc1cccc(C2/C(=C(\O)c3ccc4c(c3)CC(C)O4)C(=O)C(=O)N2CCCOC)c1. The van der Waals surface area contributed by atoms with Crippen molar-refractivity contribution >= 4 is 17.4 Å². The monoisotopic (exact) mass is 465 g/mol. The van der Waals surface area contributed by atoms with Gasteiger partial charge in [0, 0.05) is 32.2 Å². The quantitative estimate of drug-likeness (QED) is 0.258. The molecule has 1 amide bonds. The molecule has 2 aliphatic heterocycles. The van der Waals surface area contributed by atoms with Crippen LogP contribution in [-0.2, 0) is 20.7 Å². The molecule has 0 radical (unpaired) electrons. The molecule has 2 aliphatic rings. The Morgan fingerprint density at radius 1 is 1.18 bits per heavy atom. The van der Waals surface area contributed by atoms with Crippen LogP contribution in [-0.4, -0.2) is 54.7 Å². The van der Waals surface area contributed by atoms with E-state index in [2.05, 4.69) is 0 Å². The lowest BCUT2D eigenvalue weighted by Crippen LogP contribution is -2.31. The number of aliphatic hydroxyl groups excluding tert-OH is 1.